The molecule has 0 aliphatic carbocycles. The van der Waals surface area contributed by atoms with Gasteiger partial charge in [-0.1, -0.05) is 6.07 Å². The molecule has 0 radical (unpaired) electrons. The van der Waals surface area contributed by atoms with Crippen molar-refractivity contribution in [2.75, 3.05) is 16.6 Å². The molecule has 0 saturated heterocycles. The van der Waals surface area contributed by atoms with Gasteiger partial charge >= 0.3 is 6.09 Å². The van der Waals surface area contributed by atoms with Gasteiger partial charge in [0, 0.05) is 17.8 Å². The number of ether oxygens (including phenoxy) is 1. The van der Waals surface area contributed by atoms with E-state index in [4.69, 9.17) is 4.74 Å². The van der Waals surface area contributed by atoms with Crippen LogP contribution in [0.1, 0.15) is 6.92 Å². The van der Waals surface area contributed by atoms with Gasteiger partial charge in [0.2, 0.25) is 0 Å². The Kier molecular flexibility index (Phi) is 5.55. The third-order valence-corrected chi connectivity index (χ3v) is 4.39. The van der Waals surface area contributed by atoms with Gasteiger partial charge in [0.15, 0.2) is 0 Å². The van der Waals surface area contributed by atoms with Crippen molar-refractivity contribution < 1.29 is 22.9 Å². The molecule has 0 heterocycles. The topological polar surface area (TPSA) is 128 Å². The van der Waals surface area contributed by atoms with Crippen molar-refractivity contribution in [1.29, 1.82) is 0 Å². The molecule has 2 N–H and O–H groups in total. The molecule has 9 nitrogen and oxygen atoms in total. The van der Waals surface area contributed by atoms with Gasteiger partial charge < -0.3 is 4.74 Å². The zero-order valence-electron chi connectivity index (χ0n) is 13.1. The van der Waals surface area contributed by atoms with Gasteiger partial charge in [-0.05, 0) is 37.3 Å². The molecule has 0 spiro atoms. The summed E-state index contributed by atoms with van der Waals surface area (Å²) in [4.78, 5) is 21.4. The van der Waals surface area contributed by atoms with E-state index in [1.54, 1.807) is 6.92 Å². The lowest BCUT2D eigenvalue weighted by molar-refractivity contribution is -0.384. The molecule has 0 aromatic heterocycles. The van der Waals surface area contributed by atoms with E-state index in [1.807, 2.05) is 0 Å². The molecule has 0 unspecified atom stereocenters. The highest BCUT2D eigenvalue weighted by molar-refractivity contribution is 7.92. The molecule has 0 fully saturated rings. The van der Waals surface area contributed by atoms with Gasteiger partial charge in [0.1, 0.15) is 0 Å². The van der Waals surface area contributed by atoms with E-state index in [1.165, 1.54) is 42.5 Å². The zero-order chi connectivity index (χ0) is 18.4. The Bertz CT molecular complexity index is 880. The smallest absolute Gasteiger partial charge is 0.411 e. The molecule has 0 saturated carbocycles. The van der Waals surface area contributed by atoms with Gasteiger partial charge in [-0.2, -0.15) is 0 Å². The molecular formula is C15H15N3O6S. The Hall–Kier alpha value is -3.14. The van der Waals surface area contributed by atoms with Crippen molar-refractivity contribution in [2.24, 2.45) is 0 Å². The van der Waals surface area contributed by atoms with E-state index in [0.717, 1.165) is 6.07 Å². The minimum absolute atomic E-state index is 0.0617. The Morgan fingerprint density at radius 1 is 1.16 bits per heavy atom. The van der Waals surface area contributed by atoms with Crippen LogP contribution in [-0.2, 0) is 14.8 Å². The van der Waals surface area contributed by atoms with Crippen molar-refractivity contribution >= 4 is 33.2 Å². The quantitative estimate of drug-likeness (QED) is 0.598. The molecule has 2 rings (SSSR count). The first-order valence-electron chi connectivity index (χ1n) is 7.13. The summed E-state index contributed by atoms with van der Waals surface area (Å²) in [6, 6.07) is 10.5. The lowest BCUT2D eigenvalue weighted by Crippen LogP contribution is -2.15. The van der Waals surface area contributed by atoms with Crippen LogP contribution in [0.5, 0.6) is 0 Å². The number of nitrogens with one attached hydrogen (secondary N) is 2. The highest BCUT2D eigenvalue weighted by atomic mass is 32.2. The van der Waals surface area contributed by atoms with E-state index in [9.17, 15) is 23.3 Å². The molecule has 0 atom stereocenters. The monoisotopic (exact) mass is 365 g/mol. The summed E-state index contributed by atoms with van der Waals surface area (Å²) in [7, 11) is -3.93. The van der Waals surface area contributed by atoms with E-state index in [2.05, 4.69) is 10.0 Å². The fourth-order valence-electron chi connectivity index (χ4n) is 1.90. The minimum atomic E-state index is -3.93. The second-order valence-electron chi connectivity index (χ2n) is 4.78. The molecule has 10 heteroatoms. The molecule has 132 valence electrons. The highest BCUT2D eigenvalue weighted by Crippen LogP contribution is 2.21. The van der Waals surface area contributed by atoms with Crippen LogP contribution in [0.3, 0.4) is 0 Å². The first-order valence-corrected chi connectivity index (χ1v) is 8.61. The van der Waals surface area contributed by atoms with Crippen molar-refractivity contribution in [3.05, 3.63) is 58.6 Å². The number of amides is 1. The number of carbonyl (C=O) groups is 1. The molecule has 2 aromatic carbocycles. The third-order valence-electron chi connectivity index (χ3n) is 3.00. The number of non-ortho nitro benzene ring substituents is 1. The fourth-order valence-corrected chi connectivity index (χ4v) is 2.95. The Morgan fingerprint density at radius 2 is 1.84 bits per heavy atom. The summed E-state index contributed by atoms with van der Waals surface area (Å²) < 4.78 is 31.6. The number of benzene rings is 2. The SMILES string of the molecule is CCOC(=O)Nc1ccc(S(=O)(=O)Nc2cccc([N+](=O)[O-])c2)cc1. The van der Waals surface area contributed by atoms with Gasteiger partial charge in [-0.3, -0.25) is 20.2 Å². The molecule has 25 heavy (non-hydrogen) atoms. The van der Waals surface area contributed by atoms with E-state index < -0.39 is 21.0 Å². The predicted octanol–water partition coefficient (Wildman–Crippen LogP) is 2.96. The van der Waals surface area contributed by atoms with Crippen LogP contribution in [0.2, 0.25) is 0 Å². The summed E-state index contributed by atoms with van der Waals surface area (Å²) in [6.45, 7) is 1.88. The average molecular weight is 365 g/mol. The number of anilines is 2. The third kappa shape index (κ3) is 4.91. The lowest BCUT2D eigenvalue weighted by atomic mass is 10.3. The first kappa shape index (κ1) is 18.2. The zero-order valence-corrected chi connectivity index (χ0v) is 13.9. The second-order valence-corrected chi connectivity index (χ2v) is 6.47. The van der Waals surface area contributed by atoms with Crippen molar-refractivity contribution in [3.63, 3.8) is 0 Å². The number of rotatable bonds is 6. The van der Waals surface area contributed by atoms with E-state index >= 15 is 0 Å². The summed E-state index contributed by atoms with van der Waals surface area (Å²) in [6.07, 6.45) is -0.646. The molecule has 0 aliphatic rings. The van der Waals surface area contributed by atoms with E-state index in [-0.39, 0.29) is 22.9 Å². The van der Waals surface area contributed by atoms with Crippen LogP contribution in [0.15, 0.2) is 53.4 Å². The summed E-state index contributed by atoms with van der Waals surface area (Å²) >= 11 is 0. The van der Waals surface area contributed by atoms with Crippen LogP contribution in [-0.4, -0.2) is 26.0 Å². The lowest BCUT2D eigenvalue weighted by Gasteiger charge is -2.09. The summed E-state index contributed by atoms with van der Waals surface area (Å²) in [5.41, 5.74) is 0.213. The van der Waals surface area contributed by atoms with Crippen LogP contribution < -0.4 is 10.0 Å². The fraction of sp³-hybridized carbons (Fsp3) is 0.133. The maximum absolute atomic E-state index is 12.3. The molecular weight excluding hydrogens is 350 g/mol. The number of nitrogens with zero attached hydrogens (tertiary/aromatic N) is 1. The predicted molar refractivity (Wildman–Crippen MR) is 91.0 cm³/mol. The van der Waals surface area contributed by atoms with Gasteiger partial charge in [0.25, 0.3) is 15.7 Å². The number of sulfonamides is 1. The van der Waals surface area contributed by atoms with Crippen LogP contribution in [0.25, 0.3) is 0 Å². The minimum Gasteiger partial charge on any atom is -0.450 e. The highest BCUT2D eigenvalue weighted by Gasteiger charge is 2.16. The molecule has 0 aliphatic heterocycles. The normalized spacial score (nSPS) is 10.8. The van der Waals surface area contributed by atoms with Gasteiger partial charge in [0.05, 0.1) is 22.1 Å². The van der Waals surface area contributed by atoms with Crippen molar-refractivity contribution in [2.45, 2.75) is 11.8 Å². The Labute approximate surface area is 143 Å². The summed E-state index contributed by atoms with van der Waals surface area (Å²) in [5.74, 6) is 0. The van der Waals surface area contributed by atoms with Crippen LogP contribution in [0, 0.1) is 10.1 Å². The number of hydrogen-bond acceptors (Lipinski definition) is 6. The number of hydrogen-bond donors (Lipinski definition) is 2. The van der Waals surface area contributed by atoms with Gasteiger partial charge in [-0.15, -0.1) is 0 Å². The maximum atomic E-state index is 12.3. The average Bonchev–Trinajstić information content (AvgIpc) is 2.55. The van der Waals surface area contributed by atoms with Crippen LogP contribution >= 0.6 is 0 Å². The molecule has 0 bridgehead atoms. The first-order chi connectivity index (χ1) is 11.8. The summed E-state index contributed by atoms with van der Waals surface area (Å²) in [5, 5.41) is 13.2. The standard InChI is InChI=1S/C15H15N3O6S/c1-2-24-15(19)16-11-6-8-14(9-7-11)25(22,23)17-12-4-3-5-13(10-12)18(20)21/h3-10,17H,2H2,1H3,(H,16,19). The number of carbonyl (C=O) groups excluding carboxylic acids is 1. The van der Waals surface area contributed by atoms with E-state index in [0.29, 0.717) is 5.69 Å². The van der Waals surface area contributed by atoms with Gasteiger partial charge in [-0.25, -0.2) is 13.2 Å². The number of nitro groups is 1. The van der Waals surface area contributed by atoms with Crippen LogP contribution in [0.4, 0.5) is 21.9 Å². The maximum Gasteiger partial charge on any atom is 0.411 e. The second kappa shape index (κ2) is 7.62. The number of nitro benzene ring substituents is 1. The largest absolute Gasteiger partial charge is 0.450 e. The Balaban J connectivity index is 2.15. The molecule has 2 aromatic rings. The van der Waals surface area contributed by atoms with Crippen molar-refractivity contribution in [1.82, 2.24) is 0 Å². The Morgan fingerprint density at radius 3 is 2.44 bits per heavy atom. The van der Waals surface area contributed by atoms with Crippen molar-refractivity contribution in [3.8, 4) is 0 Å². The molecule has 1 amide bonds.